The Balaban J connectivity index is 2.38. The molecule has 4 heteroatoms. The van der Waals surface area contributed by atoms with E-state index in [1.54, 1.807) is 12.1 Å². The summed E-state index contributed by atoms with van der Waals surface area (Å²) in [6.45, 7) is 5.39. The van der Waals surface area contributed by atoms with E-state index in [9.17, 15) is 4.39 Å². The molecule has 96 valence electrons. The fourth-order valence-electron chi connectivity index (χ4n) is 1.64. The molecule has 1 unspecified atom stereocenters. The third kappa shape index (κ3) is 5.71. The minimum Gasteiger partial charge on any atom is -0.311 e. The van der Waals surface area contributed by atoms with Crippen LogP contribution in [0.25, 0.3) is 0 Å². The first-order chi connectivity index (χ1) is 7.99. The molecule has 0 radical (unpaired) electrons. The van der Waals surface area contributed by atoms with Crippen molar-refractivity contribution in [3.63, 3.8) is 0 Å². The van der Waals surface area contributed by atoms with Gasteiger partial charge in [-0.2, -0.15) is 0 Å². The molecule has 0 aliphatic carbocycles. The standard InChI is InChI=1S/C13H18Cl2FN/c1-9(2)5-12(15)8-17-7-10-6-11(14)3-4-13(10)16/h3-4,6,9,12,17H,5,7-8H2,1-2H3. The minimum atomic E-state index is -0.239. The van der Waals surface area contributed by atoms with E-state index in [-0.39, 0.29) is 11.2 Å². The van der Waals surface area contributed by atoms with Crippen molar-refractivity contribution in [2.45, 2.75) is 32.2 Å². The van der Waals surface area contributed by atoms with Crippen LogP contribution in [-0.2, 0) is 6.54 Å². The summed E-state index contributed by atoms with van der Waals surface area (Å²) in [4.78, 5) is 0. The Hall–Kier alpha value is -0.310. The van der Waals surface area contributed by atoms with Crippen molar-refractivity contribution >= 4 is 23.2 Å². The Labute approximate surface area is 112 Å². The van der Waals surface area contributed by atoms with E-state index < -0.39 is 0 Å². The lowest BCUT2D eigenvalue weighted by atomic mass is 10.1. The minimum absolute atomic E-state index is 0.0808. The van der Waals surface area contributed by atoms with Crippen molar-refractivity contribution in [2.75, 3.05) is 6.54 Å². The molecule has 1 aromatic carbocycles. The SMILES string of the molecule is CC(C)CC(Cl)CNCc1cc(Cl)ccc1F. The van der Waals surface area contributed by atoms with Gasteiger partial charge in [-0.05, 0) is 30.5 Å². The van der Waals surface area contributed by atoms with Gasteiger partial charge in [0.25, 0.3) is 0 Å². The highest BCUT2D eigenvalue weighted by atomic mass is 35.5. The van der Waals surface area contributed by atoms with Crippen molar-refractivity contribution in [3.05, 3.63) is 34.6 Å². The zero-order chi connectivity index (χ0) is 12.8. The van der Waals surface area contributed by atoms with Gasteiger partial charge in [0.1, 0.15) is 5.82 Å². The van der Waals surface area contributed by atoms with Gasteiger partial charge < -0.3 is 5.32 Å². The number of nitrogens with one attached hydrogen (secondary N) is 1. The second-order valence-electron chi connectivity index (χ2n) is 4.59. The highest BCUT2D eigenvalue weighted by molar-refractivity contribution is 6.30. The zero-order valence-corrected chi connectivity index (χ0v) is 11.7. The van der Waals surface area contributed by atoms with E-state index in [1.807, 2.05) is 0 Å². The maximum absolute atomic E-state index is 13.4. The largest absolute Gasteiger partial charge is 0.311 e. The van der Waals surface area contributed by atoms with Crippen molar-refractivity contribution in [3.8, 4) is 0 Å². The topological polar surface area (TPSA) is 12.0 Å². The molecule has 0 spiro atoms. The van der Waals surface area contributed by atoms with Crippen LogP contribution in [0, 0.1) is 11.7 Å². The summed E-state index contributed by atoms with van der Waals surface area (Å²) in [7, 11) is 0. The van der Waals surface area contributed by atoms with Crippen LogP contribution in [0.2, 0.25) is 5.02 Å². The summed E-state index contributed by atoms with van der Waals surface area (Å²) in [5.74, 6) is 0.332. The lowest BCUT2D eigenvalue weighted by molar-refractivity contribution is 0.526. The monoisotopic (exact) mass is 277 g/mol. The van der Waals surface area contributed by atoms with Gasteiger partial charge in [0.05, 0.1) is 0 Å². The van der Waals surface area contributed by atoms with Crippen LogP contribution in [0.3, 0.4) is 0 Å². The van der Waals surface area contributed by atoms with E-state index >= 15 is 0 Å². The van der Waals surface area contributed by atoms with Crippen LogP contribution in [0.4, 0.5) is 4.39 Å². The van der Waals surface area contributed by atoms with Crippen molar-refractivity contribution in [1.82, 2.24) is 5.32 Å². The first kappa shape index (κ1) is 14.7. The Morgan fingerprint density at radius 1 is 1.35 bits per heavy atom. The van der Waals surface area contributed by atoms with E-state index in [0.717, 1.165) is 6.42 Å². The second-order valence-corrected chi connectivity index (χ2v) is 5.65. The molecule has 0 fully saturated rings. The molecule has 0 saturated heterocycles. The molecule has 1 rings (SSSR count). The predicted molar refractivity (Wildman–Crippen MR) is 72.2 cm³/mol. The number of hydrogen-bond donors (Lipinski definition) is 1. The molecule has 1 aromatic rings. The molecular weight excluding hydrogens is 260 g/mol. The Morgan fingerprint density at radius 2 is 2.06 bits per heavy atom. The zero-order valence-electron chi connectivity index (χ0n) is 10.1. The summed E-state index contributed by atoms with van der Waals surface area (Å²) in [5.41, 5.74) is 0.575. The van der Waals surface area contributed by atoms with Gasteiger partial charge in [-0.15, -0.1) is 11.6 Å². The van der Waals surface area contributed by atoms with Crippen molar-refractivity contribution in [2.24, 2.45) is 5.92 Å². The average Bonchev–Trinajstić information content (AvgIpc) is 2.22. The molecule has 17 heavy (non-hydrogen) atoms. The first-order valence-electron chi connectivity index (χ1n) is 5.77. The van der Waals surface area contributed by atoms with E-state index in [1.165, 1.54) is 6.07 Å². The van der Waals surface area contributed by atoms with E-state index in [2.05, 4.69) is 19.2 Å². The highest BCUT2D eigenvalue weighted by Gasteiger charge is 2.08. The fraction of sp³-hybridized carbons (Fsp3) is 0.538. The normalized spacial score (nSPS) is 13.1. The maximum Gasteiger partial charge on any atom is 0.127 e. The first-order valence-corrected chi connectivity index (χ1v) is 6.59. The van der Waals surface area contributed by atoms with Crippen LogP contribution in [-0.4, -0.2) is 11.9 Å². The van der Waals surface area contributed by atoms with Crippen LogP contribution < -0.4 is 5.32 Å². The summed E-state index contributed by atoms with van der Waals surface area (Å²) in [6, 6.07) is 4.56. The molecule has 0 heterocycles. The molecule has 0 aliphatic rings. The number of halogens is 3. The van der Waals surface area contributed by atoms with Gasteiger partial charge in [-0.1, -0.05) is 25.4 Å². The van der Waals surface area contributed by atoms with Gasteiger partial charge in [0.15, 0.2) is 0 Å². The van der Waals surface area contributed by atoms with Gasteiger partial charge >= 0.3 is 0 Å². The molecule has 0 aliphatic heterocycles. The van der Waals surface area contributed by atoms with Crippen molar-refractivity contribution < 1.29 is 4.39 Å². The number of hydrogen-bond acceptors (Lipinski definition) is 1. The predicted octanol–water partition coefficient (Wildman–Crippen LogP) is 4.22. The van der Waals surface area contributed by atoms with E-state index in [0.29, 0.717) is 29.6 Å². The molecular formula is C13H18Cl2FN. The third-order valence-corrected chi connectivity index (χ3v) is 2.98. The smallest absolute Gasteiger partial charge is 0.127 e. The summed E-state index contributed by atoms with van der Waals surface area (Å²) < 4.78 is 13.4. The molecule has 1 atom stereocenters. The van der Waals surface area contributed by atoms with Gasteiger partial charge in [-0.25, -0.2) is 4.39 Å². The Bertz CT molecular complexity index is 355. The second kappa shape index (κ2) is 7.20. The lowest BCUT2D eigenvalue weighted by Crippen LogP contribution is -2.24. The summed E-state index contributed by atoms with van der Waals surface area (Å²) in [5, 5.41) is 3.77. The fourth-order valence-corrected chi connectivity index (χ4v) is 2.30. The van der Waals surface area contributed by atoms with Gasteiger partial charge in [0, 0.05) is 29.1 Å². The number of rotatable bonds is 6. The average molecular weight is 278 g/mol. The Morgan fingerprint density at radius 3 is 2.71 bits per heavy atom. The maximum atomic E-state index is 13.4. The number of alkyl halides is 1. The molecule has 0 amide bonds. The van der Waals surface area contributed by atoms with Gasteiger partial charge in [0.2, 0.25) is 0 Å². The lowest BCUT2D eigenvalue weighted by Gasteiger charge is -2.13. The molecule has 0 aromatic heterocycles. The highest BCUT2D eigenvalue weighted by Crippen LogP contribution is 2.15. The summed E-state index contributed by atoms with van der Waals surface area (Å²) in [6.07, 6.45) is 0.951. The summed E-state index contributed by atoms with van der Waals surface area (Å²) >= 11 is 11.9. The van der Waals surface area contributed by atoms with Crippen LogP contribution in [0.5, 0.6) is 0 Å². The quantitative estimate of drug-likeness (QED) is 0.768. The molecule has 1 nitrogen and oxygen atoms in total. The molecule has 0 bridgehead atoms. The van der Waals surface area contributed by atoms with Crippen molar-refractivity contribution in [1.29, 1.82) is 0 Å². The molecule has 1 N–H and O–H groups in total. The Kier molecular flexibility index (Phi) is 6.24. The number of benzene rings is 1. The van der Waals surface area contributed by atoms with Crippen LogP contribution in [0.15, 0.2) is 18.2 Å². The molecule has 0 saturated carbocycles. The van der Waals surface area contributed by atoms with Crippen LogP contribution in [0.1, 0.15) is 25.8 Å². The van der Waals surface area contributed by atoms with Crippen LogP contribution >= 0.6 is 23.2 Å². The third-order valence-electron chi connectivity index (χ3n) is 2.42. The van der Waals surface area contributed by atoms with Gasteiger partial charge in [-0.3, -0.25) is 0 Å². The van der Waals surface area contributed by atoms with E-state index in [4.69, 9.17) is 23.2 Å².